The third-order valence-electron chi connectivity index (χ3n) is 3.90. The zero-order valence-electron chi connectivity index (χ0n) is 12.1. The van der Waals surface area contributed by atoms with Crippen molar-refractivity contribution >= 4 is 11.7 Å². The van der Waals surface area contributed by atoms with Crippen LogP contribution in [0.5, 0.6) is 0 Å². The van der Waals surface area contributed by atoms with Crippen LogP contribution >= 0.6 is 0 Å². The van der Waals surface area contributed by atoms with Crippen LogP contribution in [0.25, 0.3) is 0 Å². The Morgan fingerprint density at radius 3 is 2.55 bits per heavy atom. The molecule has 2 amide bonds. The maximum absolute atomic E-state index is 12.5. The predicted molar refractivity (Wildman–Crippen MR) is 82.7 cm³/mol. The van der Waals surface area contributed by atoms with E-state index in [0.717, 1.165) is 31.5 Å². The van der Waals surface area contributed by atoms with Crippen molar-refractivity contribution in [2.24, 2.45) is 5.73 Å². The number of urea groups is 1. The molecule has 1 fully saturated rings. The van der Waals surface area contributed by atoms with E-state index in [1.54, 1.807) is 0 Å². The van der Waals surface area contributed by atoms with Gasteiger partial charge in [-0.1, -0.05) is 37.5 Å². The Balaban J connectivity index is 1.99. The first-order chi connectivity index (χ1) is 9.81. The number of nitrogens with zero attached hydrogens (tertiary/aromatic N) is 1. The zero-order valence-corrected chi connectivity index (χ0v) is 12.1. The number of amides is 2. The molecule has 0 radical (unpaired) electrons. The molecule has 0 heterocycles. The lowest BCUT2D eigenvalue weighted by Gasteiger charge is -2.34. The standard InChI is InChI=1S/C16H25N3O/c17-12-7-13-19(15-10-5-2-6-11-15)16(20)18-14-8-3-1-4-9-14/h1,3-4,8-9,15H,2,5-7,10-13,17H2,(H,18,20). The van der Waals surface area contributed by atoms with Gasteiger partial charge >= 0.3 is 6.03 Å². The molecule has 110 valence electrons. The van der Waals surface area contributed by atoms with Crippen LogP contribution in [0.2, 0.25) is 0 Å². The van der Waals surface area contributed by atoms with Gasteiger partial charge in [0.15, 0.2) is 0 Å². The quantitative estimate of drug-likeness (QED) is 0.867. The minimum atomic E-state index is 0.0107. The van der Waals surface area contributed by atoms with Gasteiger partial charge in [0, 0.05) is 18.3 Å². The molecule has 2 rings (SSSR count). The first-order valence-corrected chi connectivity index (χ1v) is 7.64. The molecule has 0 atom stereocenters. The Bertz CT molecular complexity index is 401. The summed E-state index contributed by atoms with van der Waals surface area (Å²) in [5, 5.41) is 2.99. The maximum atomic E-state index is 12.5. The summed E-state index contributed by atoms with van der Waals surface area (Å²) < 4.78 is 0. The smallest absolute Gasteiger partial charge is 0.322 e. The highest BCUT2D eigenvalue weighted by molar-refractivity contribution is 5.89. The molecule has 20 heavy (non-hydrogen) atoms. The van der Waals surface area contributed by atoms with Crippen molar-refractivity contribution in [3.8, 4) is 0 Å². The summed E-state index contributed by atoms with van der Waals surface area (Å²) in [6, 6.07) is 10.0. The maximum Gasteiger partial charge on any atom is 0.322 e. The number of para-hydroxylation sites is 1. The number of rotatable bonds is 5. The van der Waals surface area contributed by atoms with Crippen molar-refractivity contribution in [3.05, 3.63) is 30.3 Å². The molecule has 1 aromatic rings. The molecule has 0 unspecified atom stereocenters. The van der Waals surface area contributed by atoms with Crippen LogP contribution in [0.4, 0.5) is 10.5 Å². The predicted octanol–water partition coefficient (Wildman–Crippen LogP) is 3.20. The van der Waals surface area contributed by atoms with Gasteiger partial charge in [-0.05, 0) is 37.9 Å². The van der Waals surface area contributed by atoms with E-state index in [1.807, 2.05) is 35.2 Å². The van der Waals surface area contributed by atoms with Gasteiger partial charge in [0.05, 0.1) is 0 Å². The molecule has 0 spiro atoms. The number of anilines is 1. The number of benzene rings is 1. The molecule has 1 aliphatic rings. The van der Waals surface area contributed by atoms with Crippen LogP contribution in [0.15, 0.2) is 30.3 Å². The Morgan fingerprint density at radius 1 is 1.20 bits per heavy atom. The normalized spacial score (nSPS) is 15.8. The second-order valence-corrected chi connectivity index (χ2v) is 5.42. The van der Waals surface area contributed by atoms with Gasteiger partial charge in [0.25, 0.3) is 0 Å². The van der Waals surface area contributed by atoms with Crippen LogP contribution in [-0.2, 0) is 0 Å². The van der Waals surface area contributed by atoms with Gasteiger partial charge in [0.2, 0.25) is 0 Å². The Morgan fingerprint density at radius 2 is 1.90 bits per heavy atom. The summed E-state index contributed by atoms with van der Waals surface area (Å²) in [7, 11) is 0. The number of hydrogen-bond donors (Lipinski definition) is 2. The summed E-state index contributed by atoms with van der Waals surface area (Å²) in [6.45, 7) is 1.38. The van der Waals surface area contributed by atoms with E-state index < -0.39 is 0 Å². The van der Waals surface area contributed by atoms with Gasteiger partial charge in [-0.3, -0.25) is 0 Å². The van der Waals surface area contributed by atoms with E-state index in [4.69, 9.17) is 5.73 Å². The second kappa shape index (κ2) is 7.90. The lowest BCUT2D eigenvalue weighted by Crippen LogP contribution is -2.44. The fourth-order valence-electron chi connectivity index (χ4n) is 2.82. The highest BCUT2D eigenvalue weighted by Crippen LogP contribution is 2.23. The molecule has 1 aliphatic carbocycles. The average molecular weight is 275 g/mol. The third-order valence-corrected chi connectivity index (χ3v) is 3.90. The van der Waals surface area contributed by atoms with Gasteiger partial charge in [-0.15, -0.1) is 0 Å². The van der Waals surface area contributed by atoms with Gasteiger partial charge < -0.3 is 16.0 Å². The second-order valence-electron chi connectivity index (χ2n) is 5.42. The summed E-state index contributed by atoms with van der Waals surface area (Å²) in [6.07, 6.45) is 6.84. The fraction of sp³-hybridized carbons (Fsp3) is 0.562. The summed E-state index contributed by atoms with van der Waals surface area (Å²) >= 11 is 0. The van der Waals surface area contributed by atoms with Crippen molar-refractivity contribution in [1.29, 1.82) is 0 Å². The van der Waals surface area contributed by atoms with Gasteiger partial charge in [-0.25, -0.2) is 4.79 Å². The molecule has 1 aromatic carbocycles. The Labute approximate surface area is 121 Å². The lowest BCUT2D eigenvalue weighted by molar-refractivity contribution is 0.167. The van der Waals surface area contributed by atoms with Crippen LogP contribution in [0.1, 0.15) is 38.5 Å². The summed E-state index contributed by atoms with van der Waals surface area (Å²) in [4.78, 5) is 14.5. The largest absolute Gasteiger partial charge is 0.330 e. The van der Waals surface area contributed by atoms with Crippen molar-refractivity contribution < 1.29 is 4.79 Å². The third kappa shape index (κ3) is 4.23. The van der Waals surface area contributed by atoms with Crippen molar-refractivity contribution in [3.63, 3.8) is 0 Å². The molecule has 4 nitrogen and oxygen atoms in total. The molecule has 3 N–H and O–H groups in total. The SMILES string of the molecule is NCCCN(C(=O)Nc1ccccc1)C1CCCCC1. The summed E-state index contributed by atoms with van der Waals surface area (Å²) in [5.41, 5.74) is 6.45. The van der Waals surface area contributed by atoms with E-state index in [0.29, 0.717) is 12.6 Å². The van der Waals surface area contributed by atoms with Crippen LogP contribution in [-0.4, -0.2) is 30.1 Å². The Kier molecular flexibility index (Phi) is 5.87. The monoisotopic (exact) mass is 275 g/mol. The first-order valence-electron chi connectivity index (χ1n) is 7.64. The number of carbonyl (C=O) groups excluding carboxylic acids is 1. The average Bonchev–Trinajstić information content (AvgIpc) is 2.50. The number of nitrogens with one attached hydrogen (secondary N) is 1. The highest BCUT2D eigenvalue weighted by Gasteiger charge is 2.24. The molecule has 4 heteroatoms. The van der Waals surface area contributed by atoms with Crippen molar-refractivity contribution in [1.82, 2.24) is 4.90 Å². The molecular formula is C16H25N3O. The molecule has 0 bridgehead atoms. The van der Waals surface area contributed by atoms with E-state index >= 15 is 0 Å². The molecule has 0 aromatic heterocycles. The molecular weight excluding hydrogens is 250 g/mol. The van der Waals surface area contributed by atoms with E-state index in [1.165, 1.54) is 19.3 Å². The van der Waals surface area contributed by atoms with Crippen molar-refractivity contribution in [2.45, 2.75) is 44.6 Å². The number of carbonyl (C=O) groups is 1. The molecule has 1 saturated carbocycles. The minimum absolute atomic E-state index is 0.0107. The van der Waals surface area contributed by atoms with Gasteiger partial charge in [0.1, 0.15) is 0 Å². The van der Waals surface area contributed by atoms with E-state index in [2.05, 4.69) is 5.32 Å². The molecule has 0 saturated heterocycles. The first kappa shape index (κ1) is 14.9. The van der Waals surface area contributed by atoms with Crippen LogP contribution in [0.3, 0.4) is 0 Å². The van der Waals surface area contributed by atoms with E-state index in [9.17, 15) is 4.79 Å². The zero-order chi connectivity index (χ0) is 14.2. The minimum Gasteiger partial charge on any atom is -0.330 e. The van der Waals surface area contributed by atoms with Crippen LogP contribution < -0.4 is 11.1 Å². The fourth-order valence-corrected chi connectivity index (χ4v) is 2.82. The highest BCUT2D eigenvalue weighted by atomic mass is 16.2. The van der Waals surface area contributed by atoms with Crippen LogP contribution in [0, 0.1) is 0 Å². The Hall–Kier alpha value is -1.55. The number of nitrogens with two attached hydrogens (primary N) is 1. The van der Waals surface area contributed by atoms with Crippen molar-refractivity contribution in [2.75, 3.05) is 18.4 Å². The topological polar surface area (TPSA) is 58.4 Å². The van der Waals surface area contributed by atoms with Gasteiger partial charge in [-0.2, -0.15) is 0 Å². The summed E-state index contributed by atoms with van der Waals surface area (Å²) in [5.74, 6) is 0. The number of hydrogen-bond acceptors (Lipinski definition) is 2. The molecule has 0 aliphatic heterocycles. The van der Waals surface area contributed by atoms with E-state index in [-0.39, 0.29) is 6.03 Å². The lowest BCUT2D eigenvalue weighted by atomic mass is 9.94.